The Morgan fingerprint density at radius 1 is 1.33 bits per heavy atom. The number of benzene rings is 1. The summed E-state index contributed by atoms with van der Waals surface area (Å²) in [4.78, 5) is 24.8. The number of aromatic carboxylic acids is 1. The minimum Gasteiger partial charge on any atom is -0.507 e. The molecule has 1 heterocycles. The van der Waals surface area contributed by atoms with Gasteiger partial charge >= 0.3 is 13.1 Å². The molecular weight excluding hydrogens is 359 g/mol. The van der Waals surface area contributed by atoms with Crippen molar-refractivity contribution in [3.8, 4) is 11.5 Å². The van der Waals surface area contributed by atoms with E-state index in [9.17, 15) is 29.9 Å². The van der Waals surface area contributed by atoms with Gasteiger partial charge in [-0.3, -0.25) is 4.79 Å². The van der Waals surface area contributed by atoms with Crippen molar-refractivity contribution < 1.29 is 39.7 Å². The molecule has 0 radical (unpaired) electrons. The molecule has 0 bridgehead atoms. The van der Waals surface area contributed by atoms with Gasteiger partial charge in [-0.2, -0.15) is 0 Å². The molecule has 1 saturated carbocycles. The van der Waals surface area contributed by atoms with Gasteiger partial charge < -0.3 is 40.7 Å². The molecule has 0 spiro atoms. The molecule has 1 aliphatic carbocycles. The molecule has 1 saturated heterocycles. The van der Waals surface area contributed by atoms with E-state index >= 15 is 0 Å². The molecule has 1 aliphatic heterocycles. The van der Waals surface area contributed by atoms with Crippen LogP contribution >= 0.6 is 0 Å². The van der Waals surface area contributed by atoms with Gasteiger partial charge in [0.25, 0.3) is 0 Å². The fourth-order valence-electron chi connectivity index (χ4n) is 3.28. The maximum absolute atomic E-state index is 11.8. The second-order valence-corrected chi connectivity index (χ2v) is 6.87. The van der Waals surface area contributed by atoms with E-state index in [1.54, 1.807) is 0 Å². The van der Waals surface area contributed by atoms with E-state index in [-0.39, 0.29) is 24.8 Å². The number of aliphatic hydroxyl groups is 1. The van der Waals surface area contributed by atoms with E-state index in [1.807, 2.05) is 0 Å². The quantitative estimate of drug-likeness (QED) is 0.302. The van der Waals surface area contributed by atoms with E-state index < -0.39 is 54.9 Å². The predicted molar refractivity (Wildman–Crippen MR) is 92.4 cm³/mol. The van der Waals surface area contributed by atoms with Crippen molar-refractivity contribution in [3.63, 3.8) is 0 Å². The maximum Gasteiger partial charge on any atom is 0.455 e. The molecule has 11 heteroatoms. The number of carbonyl (C=O) groups excluding carboxylic acids is 1. The third kappa shape index (κ3) is 3.72. The third-order valence-corrected chi connectivity index (χ3v) is 4.97. The molecule has 2 fully saturated rings. The molecule has 3 atom stereocenters. The first-order valence-electron chi connectivity index (χ1n) is 8.51. The molecule has 0 aromatic heterocycles. The first kappa shape index (κ1) is 19.4. The van der Waals surface area contributed by atoms with Crippen molar-refractivity contribution in [2.24, 2.45) is 5.73 Å². The first-order valence-corrected chi connectivity index (χ1v) is 8.51. The van der Waals surface area contributed by atoms with Gasteiger partial charge in [0.1, 0.15) is 29.2 Å². The molecule has 146 valence electrons. The Labute approximate surface area is 154 Å². The van der Waals surface area contributed by atoms with E-state index in [2.05, 4.69) is 0 Å². The minimum atomic E-state index is -1.53. The molecule has 0 unspecified atom stereocenters. The highest BCUT2D eigenvalue weighted by molar-refractivity contribution is 6.44. The van der Waals surface area contributed by atoms with Crippen molar-refractivity contribution in [1.29, 1.82) is 0 Å². The zero-order valence-corrected chi connectivity index (χ0v) is 14.4. The van der Waals surface area contributed by atoms with Crippen LogP contribution in [0.2, 0.25) is 5.82 Å². The number of amides is 1. The van der Waals surface area contributed by atoms with Crippen LogP contribution < -0.4 is 10.5 Å². The van der Waals surface area contributed by atoms with Crippen LogP contribution in [0.25, 0.3) is 0 Å². The molecule has 10 nitrogen and oxygen atoms in total. The zero-order valence-electron chi connectivity index (χ0n) is 14.4. The Hall–Kier alpha value is -2.34. The van der Waals surface area contributed by atoms with E-state index in [4.69, 9.17) is 15.6 Å². The van der Waals surface area contributed by atoms with Crippen molar-refractivity contribution in [3.05, 3.63) is 23.3 Å². The molecule has 2 aliphatic rings. The summed E-state index contributed by atoms with van der Waals surface area (Å²) >= 11 is 0. The molecule has 7 N–H and O–H groups in total. The third-order valence-electron chi connectivity index (χ3n) is 4.97. The van der Waals surface area contributed by atoms with Crippen LogP contribution in [0.15, 0.2) is 12.1 Å². The normalized spacial score (nSPS) is 22.7. The number of aromatic hydroxyl groups is 1. The van der Waals surface area contributed by atoms with E-state index in [0.717, 1.165) is 0 Å². The van der Waals surface area contributed by atoms with Gasteiger partial charge in [0.2, 0.25) is 5.91 Å². The van der Waals surface area contributed by atoms with Gasteiger partial charge in [-0.05, 0) is 24.0 Å². The highest BCUT2D eigenvalue weighted by Crippen LogP contribution is 2.56. The Morgan fingerprint density at radius 3 is 2.52 bits per heavy atom. The van der Waals surface area contributed by atoms with Gasteiger partial charge in [0, 0.05) is 5.82 Å². The lowest BCUT2D eigenvalue weighted by atomic mass is 9.81. The standard InChI is InChI=1S/C16H21BN2O8/c18-11(6-20)15(22)19-4-7(5-19)27-12-2-1-8(9-3-10(9)17(25)26)14(21)13(12)16(23)24/h1-2,7,9-11,20-21,25-26H,3-6,18H2,(H,23,24)/t9-,10-,11+/m1/s1. The summed E-state index contributed by atoms with van der Waals surface area (Å²) in [6.07, 6.45) is -0.0221. The van der Waals surface area contributed by atoms with Crippen LogP contribution in [0.5, 0.6) is 11.5 Å². The van der Waals surface area contributed by atoms with Gasteiger partial charge in [-0.1, -0.05) is 6.07 Å². The molecule has 1 aromatic rings. The fourth-order valence-corrected chi connectivity index (χ4v) is 3.28. The number of ether oxygens (including phenoxy) is 1. The van der Waals surface area contributed by atoms with Crippen LogP contribution in [0.4, 0.5) is 0 Å². The van der Waals surface area contributed by atoms with Gasteiger partial charge in [-0.25, -0.2) is 4.79 Å². The number of carboxylic acids is 1. The summed E-state index contributed by atoms with van der Waals surface area (Å²) in [5, 5.41) is 47.1. The van der Waals surface area contributed by atoms with Gasteiger partial charge in [0.05, 0.1) is 19.7 Å². The summed E-state index contributed by atoms with van der Waals surface area (Å²) in [5.74, 6) is -3.05. The lowest BCUT2D eigenvalue weighted by Crippen LogP contribution is -2.60. The monoisotopic (exact) mass is 380 g/mol. The number of carbonyl (C=O) groups is 2. The minimum absolute atomic E-state index is 0.0333. The lowest BCUT2D eigenvalue weighted by molar-refractivity contribution is -0.142. The number of hydrogen-bond donors (Lipinski definition) is 6. The second-order valence-electron chi connectivity index (χ2n) is 6.87. The van der Waals surface area contributed by atoms with Crippen LogP contribution in [-0.4, -0.2) is 81.1 Å². The van der Waals surface area contributed by atoms with Crippen LogP contribution in [-0.2, 0) is 4.79 Å². The first-order chi connectivity index (χ1) is 12.7. The number of nitrogens with zero attached hydrogens (tertiary/aromatic N) is 1. The van der Waals surface area contributed by atoms with E-state index in [0.29, 0.717) is 12.0 Å². The Morgan fingerprint density at radius 2 is 2.00 bits per heavy atom. The van der Waals surface area contributed by atoms with Gasteiger partial charge in [-0.15, -0.1) is 0 Å². The number of likely N-dealkylation sites (tertiary alicyclic amines) is 1. The SMILES string of the molecule is N[C@@H](CO)C(=O)N1CC(Oc2ccc([C@H]3C[C@H]3B(O)O)c(O)c2C(=O)O)C1. The van der Waals surface area contributed by atoms with Gasteiger partial charge in [0.15, 0.2) is 0 Å². The van der Waals surface area contributed by atoms with Crippen LogP contribution in [0.1, 0.15) is 28.3 Å². The average molecular weight is 380 g/mol. The predicted octanol–water partition coefficient (Wildman–Crippen LogP) is -1.67. The largest absolute Gasteiger partial charge is 0.507 e. The number of rotatable bonds is 7. The molecule has 3 rings (SSSR count). The summed E-state index contributed by atoms with van der Waals surface area (Å²) in [7, 11) is -1.53. The molecule has 1 amide bonds. The smallest absolute Gasteiger partial charge is 0.455 e. The summed E-state index contributed by atoms with van der Waals surface area (Å²) in [5.41, 5.74) is 5.39. The van der Waals surface area contributed by atoms with Crippen molar-refractivity contribution in [2.45, 2.75) is 30.3 Å². The van der Waals surface area contributed by atoms with Crippen LogP contribution in [0, 0.1) is 0 Å². The molecule has 27 heavy (non-hydrogen) atoms. The summed E-state index contributed by atoms with van der Waals surface area (Å²) < 4.78 is 5.61. The van der Waals surface area contributed by atoms with Crippen LogP contribution in [0.3, 0.4) is 0 Å². The number of phenols is 1. The average Bonchev–Trinajstić information content (AvgIpc) is 3.36. The number of nitrogens with two attached hydrogens (primary N) is 1. The van der Waals surface area contributed by atoms with Crippen molar-refractivity contribution >= 4 is 19.0 Å². The van der Waals surface area contributed by atoms with Crippen molar-refractivity contribution in [2.75, 3.05) is 19.7 Å². The highest BCUT2D eigenvalue weighted by atomic mass is 16.5. The highest BCUT2D eigenvalue weighted by Gasteiger charge is 2.48. The number of aliphatic hydroxyl groups excluding tert-OH is 1. The van der Waals surface area contributed by atoms with E-state index in [1.165, 1.54) is 17.0 Å². The Kier molecular flexibility index (Phi) is 5.29. The maximum atomic E-state index is 11.8. The molecular formula is C16H21BN2O8. The van der Waals surface area contributed by atoms with Crippen molar-refractivity contribution in [1.82, 2.24) is 4.90 Å². The Bertz CT molecular complexity index is 752. The number of carboxylic acid groups (broad SMARTS) is 1. The Balaban J connectivity index is 1.71. The second kappa shape index (κ2) is 7.35. The topological polar surface area (TPSA) is 174 Å². The molecule has 1 aromatic carbocycles. The summed E-state index contributed by atoms with van der Waals surface area (Å²) in [6.45, 7) is -0.0882. The summed E-state index contributed by atoms with van der Waals surface area (Å²) in [6, 6.07) is 1.92. The lowest BCUT2D eigenvalue weighted by Gasteiger charge is -2.40. The number of hydrogen-bond acceptors (Lipinski definition) is 8. The fraction of sp³-hybridized carbons (Fsp3) is 0.500. The zero-order chi connectivity index (χ0) is 19.9.